The molecule has 0 aliphatic heterocycles. The molecule has 0 bridgehead atoms. The Balaban J connectivity index is 2.45. The maximum Gasteiger partial charge on any atom is 0.264 e. The Labute approximate surface area is 117 Å². The lowest BCUT2D eigenvalue weighted by Crippen LogP contribution is -2.26. The van der Waals surface area contributed by atoms with Gasteiger partial charge in [0.2, 0.25) is 0 Å². The van der Waals surface area contributed by atoms with E-state index in [1.807, 2.05) is 0 Å². The van der Waals surface area contributed by atoms with E-state index in [4.69, 9.17) is 5.73 Å². The van der Waals surface area contributed by atoms with Crippen molar-refractivity contribution in [1.82, 2.24) is 0 Å². The Morgan fingerprint density at radius 3 is 2.40 bits per heavy atom. The first-order chi connectivity index (χ1) is 9.46. The summed E-state index contributed by atoms with van der Waals surface area (Å²) in [5.74, 6) is -0.506. The van der Waals surface area contributed by atoms with Crippen molar-refractivity contribution in [1.29, 1.82) is 0 Å². The van der Waals surface area contributed by atoms with Crippen LogP contribution in [0.15, 0.2) is 53.4 Å². The van der Waals surface area contributed by atoms with Crippen molar-refractivity contribution in [2.75, 3.05) is 11.4 Å². The van der Waals surface area contributed by atoms with Gasteiger partial charge in [0.15, 0.2) is 0 Å². The minimum atomic E-state index is -3.73. The molecule has 0 aliphatic rings. The van der Waals surface area contributed by atoms with Crippen molar-refractivity contribution in [2.24, 2.45) is 5.73 Å². The third-order valence-electron chi connectivity index (χ3n) is 3.02. The lowest BCUT2D eigenvalue weighted by atomic mass is 10.2. The Hall–Kier alpha value is -1.92. The molecule has 4 nitrogen and oxygen atoms in total. The molecule has 2 N–H and O–H groups in total. The average molecular weight is 294 g/mol. The third-order valence-corrected chi connectivity index (χ3v) is 4.80. The predicted octanol–water partition coefficient (Wildman–Crippen LogP) is 2.11. The number of halogens is 1. The van der Waals surface area contributed by atoms with Gasteiger partial charge in [-0.25, -0.2) is 12.8 Å². The van der Waals surface area contributed by atoms with Gasteiger partial charge in [0.25, 0.3) is 10.0 Å². The van der Waals surface area contributed by atoms with Crippen molar-refractivity contribution in [2.45, 2.75) is 11.4 Å². The van der Waals surface area contributed by atoms with Crippen molar-refractivity contribution in [3.8, 4) is 0 Å². The van der Waals surface area contributed by atoms with Crippen LogP contribution >= 0.6 is 0 Å². The van der Waals surface area contributed by atoms with Crippen LogP contribution < -0.4 is 10.0 Å². The minimum absolute atomic E-state index is 0.0192. The van der Waals surface area contributed by atoms with Gasteiger partial charge in [0.05, 0.1) is 10.6 Å². The summed E-state index contributed by atoms with van der Waals surface area (Å²) in [4.78, 5) is 0.0192. The molecule has 0 heterocycles. The van der Waals surface area contributed by atoms with Gasteiger partial charge >= 0.3 is 0 Å². The van der Waals surface area contributed by atoms with Gasteiger partial charge in [-0.15, -0.1) is 0 Å². The fraction of sp³-hybridized carbons (Fsp3) is 0.143. The Bertz CT molecular complexity index is 702. The Morgan fingerprint density at radius 1 is 1.15 bits per heavy atom. The van der Waals surface area contributed by atoms with Crippen LogP contribution in [0.5, 0.6) is 0 Å². The van der Waals surface area contributed by atoms with Crippen molar-refractivity contribution >= 4 is 15.7 Å². The van der Waals surface area contributed by atoms with Crippen LogP contribution in [0.2, 0.25) is 0 Å². The van der Waals surface area contributed by atoms with Gasteiger partial charge < -0.3 is 5.73 Å². The SMILES string of the molecule is CN(c1ccccc1)S(=O)(=O)c1ccc(F)c(CN)c1. The molecular formula is C14H15FN2O2S. The van der Waals surface area contributed by atoms with E-state index in [1.165, 1.54) is 19.2 Å². The van der Waals surface area contributed by atoms with Gasteiger partial charge in [-0.3, -0.25) is 4.31 Å². The summed E-state index contributed by atoms with van der Waals surface area (Å²) in [5.41, 5.74) is 6.11. The first-order valence-electron chi connectivity index (χ1n) is 5.99. The fourth-order valence-corrected chi connectivity index (χ4v) is 3.05. The number of sulfonamides is 1. The highest BCUT2D eigenvalue weighted by atomic mass is 32.2. The number of hydrogen-bond acceptors (Lipinski definition) is 3. The maximum atomic E-state index is 13.4. The number of nitrogens with two attached hydrogens (primary N) is 1. The number of anilines is 1. The summed E-state index contributed by atoms with van der Waals surface area (Å²) in [6, 6.07) is 12.3. The average Bonchev–Trinajstić information content (AvgIpc) is 2.47. The second-order valence-corrected chi connectivity index (χ2v) is 6.23. The Morgan fingerprint density at radius 2 is 1.80 bits per heavy atom. The van der Waals surface area contributed by atoms with E-state index in [9.17, 15) is 12.8 Å². The number of hydrogen-bond donors (Lipinski definition) is 1. The standard InChI is InChI=1S/C14H15FN2O2S/c1-17(12-5-3-2-4-6-12)20(18,19)13-7-8-14(15)11(9-13)10-16/h2-9H,10,16H2,1H3. The molecule has 0 saturated carbocycles. The lowest BCUT2D eigenvalue weighted by Gasteiger charge is -2.19. The zero-order valence-corrected chi connectivity index (χ0v) is 11.8. The normalized spacial score (nSPS) is 11.3. The van der Waals surface area contributed by atoms with Crippen LogP contribution in [-0.2, 0) is 16.6 Å². The molecule has 2 aromatic carbocycles. The number of benzene rings is 2. The van der Waals surface area contributed by atoms with E-state index in [1.54, 1.807) is 30.3 Å². The van der Waals surface area contributed by atoms with Gasteiger partial charge in [0, 0.05) is 19.2 Å². The van der Waals surface area contributed by atoms with Crippen molar-refractivity contribution in [3.63, 3.8) is 0 Å². The molecular weight excluding hydrogens is 279 g/mol. The maximum absolute atomic E-state index is 13.4. The highest BCUT2D eigenvalue weighted by molar-refractivity contribution is 7.92. The summed E-state index contributed by atoms with van der Waals surface area (Å²) in [7, 11) is -2.28. The zero-order valence-electron chi connectivity index (χ0n) is 11.0. The second-order valence-electron chi connectivity index (χ2n) is 4.27. The molecule has 0 radical (unpaired) electrons. The van der Waals surface area contributed by atoms with Gasteiger partial charge in [-0.2, -0.15) is 0 Å². The highest BCUT2D eigenvalue weighted by Crippen LogP contribution is 2.23. The topological polar surface area (TPSA) is 63.4 Å². The number of rotatable bonds is 4. The zero-order chi connectivity index (χ0) is 14.8. The van der Waals surface area contributed by atoms with Crippen LogP contribution in [0.25, 0.3) is 0 Å². The fourth-order valence-electron chi connectivity index (χ4n) is 1.80. The number of para-hydroxylation sites is 1. The molecule has 0 aromatic heterocycles. The van der Waals surface area contributed by atoms with Crippen molar-refractivity contribution in [3.05, 3.63) is 59.9 Å². The smallest absolute Gasteiger partial charge is 0.264 e. The molecule has 2 aromatic rings. The molecule has 0 atom stereocenters. The van der Waals surface area contributed by atoms with E-state index in [-0.39, 0.29) is 17.0 Å². The molecule has 2 rings (SSSR count). The largest absolute Gasteiger partial charge is 0.326 e. The summed E-state index contributed by atoms with van der Waals surface area (Å²) >= 11 is 0. The molecule has 0 unspecified atom stereocenters. The predicted molar refractivity (Wildman–Crippen MR) is 76.3 cm³/mol. The third kappa shape index (κ3) is 2.66. The lowest BCUT2D eigenvalue weighted by molar-refractivity contribution is 0.591. The first-order valence-corrected chi connectivity index (χ1v) is 7.43. The molecule has 20 heavy (non-hydrogen) atoms. The number of nitrogens with zero attached hydrogens (tertiary/aromatic N) is 1. The van der Waals surface area contributed by atoms with Gasteiger partial charge in [-0.1, -0.05) is 18.2 Å². The molecule has 6 heteroatoms. The van der Waals surface area contributed by atoms with Crippen LogP contribution in [0.4, 0.5) is 10.1 Å². The van der Waals surface area contributed by atoms with E-state index in [0.29, 0.717) is 5.69 Å². The van der Waals surface area contributed by atoms with Crippen LogP contribution in [-0.4, -0.2) is 15.5 Å². The summed E-state index contributed by atoms with van der Waals surface area (Å²) in [6.45, 7) is -0.0513. The van der Waals surface area contributed by atoms with Crippen LogP contribution in [0, 0.1) is 5.82 Å². The molecule has 0 amide bonds. The molecule has 0 fully saturated rings. The van der Waals surface area contributed by atoms with E-state index >= 15 is 0 Å². The molecule has 0 spiro atoms. The van der Waals surface area contributed by atoms with Crippen molar-refractivity contribution < 1.29 is 12.8 Å². The summed E-state index contributed by atoms with van der Waals surface area (Å²) < 4.78 is 39.5. The monoisotopic (exact) mass is 294 g/mol. The molecule has 0 saturated heterocycles. The van der Waals surface area contributed by atoms with Crippen LogP contribution in [0.1, 0.15) is 5.56 Å². The van der Waals surface area contributed by atoms with E-state index < -0.39 is 15.8 Å². The second kappa shape index (κ2) is 5.60. The van der Waals surface area contributed by atoms with Crippen LogP contribution in [0.3, 0.4) is 0 Å². The van der Waals surface area contributed by atoms with E-state index in [0.717, 1.165) is 10.4 Å². The summed E-state index contributed by atoms with van der Waals surface area (Å²) in [6.07, 6.45) is 0. The minimum Gasteiger partial charge on any atom is -0.326 e. The molecule has 106 valence electrons. The molecule has 0 aliphatic carbocycles. The highest BCUT2D eigenvalue weighted by Gasteiger charge is 2.22. The quantitative estimate of drug-likeness (QED) is 0.939. The first kappa shape index (κ1) is 14.5. The Kier molecular flexibility index (Phi) is 4.06. The van der Waals surface area contributed by atoms with Gasteiger partial charge in [0.1, 0.15) is 5.82 Å². The summed E-state index contributed by atoms with van der Waals surface area (Å²) in [5, 5.41) is 0. The van der Waals surface area contributed by atoms with Gasteiger partial charge in [-0.05, 0) is 30.3 Å². The van der Waals surface area contributed by atoms with E-state index in [2.05, 4.69) is 0 Å².